The summed E-state index contributed by atoms with van der Waals surface area (Å²) in [4.78, 5) is 17.8. The van der Waals surface area contributed by atoms with Crippen LogP contribution >= 0.6 is 0 Å². The molecule has 0 saturated heterocycles. The van der Waals surface area contributed by atoms with Crippen molar-refractivity contribution >= 4 is 11.5 Å². The standard InChI is InChI=1S/C11H10N4O4/c1-12-10-5-11(14-6-13-10)19-7-2-3-9(16)8(4-7)15(17)18/h2-6,16H,1H3,(H,12,13,14). The van der Waals surface area contributed by atoms with E-state index in [9.17, 15) is 15.2 Å². The van der Waals surface area contributed by atoms with E-state index in [1.807, 2.05) is 0 Å². The quantitative estimate of drug-likeness (QED) is 0.639. The van der Waals surface area contributed by atoms with Crippen LogP contribution < -0.4 is 10.1 Å². The van der Waals surface area contributed by atoms with E-state index >= 15 is 0 Å². The lowest BCUT2D eigenvalue weighted by Gasteiger charge is -2.06. The Morgan fingerprint density at radius 3 is 2.84 bits per heavy atom. The zero-order valence-corrected chi connectivity index (χ0v) is 9.90. The number of nitrogens with zero attached hydrogens (tertiary/aromatic N) is 3. The van der Waals surface area contributed by atoms with Crippen molar-refractivity contribution in [3.63, 3.8) is 0 Å². The molecule has 0 unspecified atom stereocenters. The molecule has 2 rings (SSSR count). The summed E-state index contributed by atoms with van der Waals surface area (Å²) in [6, 6.07) is 5.26. The van der Waals surface area contributed by atoms with E-state index in [-0.39, 0.29) is 11.6 Å². The summed E-state index contributed by atoms with van der Waals surface area (Å²) in [5.41, 5.74) is -0.430. The third-order valence-corrected chi connectivity index (χ3v) is 2.26. The number of nitro groups is 1. The van der Waals surface area contributed by atoms with E-state index in [0.29, 0.717) is 5.82 Å². The summed E-state index contributed by atoms with van der Waals surface area (Å²) < 4.78 is 5.36. The molecular formula is C11H10N4O4. The minimum Gasteiger partial charge on any atom is -0.502 e. The fraction of sp³-hybridized carbons (Fsp3) is 0.0909. The molecule has 8 nitrogen and oxygen atoms in total. The summed E-state index contributed by atoms with van der Waals surface area (Å²) >= 11 is 0. The number of anilines is 1. The molecule has 2 N–H and O–H groups in total. The van der Waals surface area contributed by atoms with Gasteiger partial charge in [-0.25, -0.2) is 9.97 Å². The van der Waals surface area contributed by atoms with Crippen LogP contribution in [0.2, 0.25) is 0 Å². The van der Waals surface area contributed by atoms with Crippen LogP contribution in [-0.4, -0.2) is 27.0 Å². The van der Waals surface area contributed by atoms with E-state index < -0.39 is 16.4 Å². The average molecular weight is 262 g/mol. The maximum atomic E-state index is 10.7. The molecule has 1 aromatic heterocycles. The fourth-order valence-electron chi connectivity index (χ4n) is 1.37. The lowest BCUT2D eigenvalue weighted by Crippen LogP contribution is -1.95. The van der Waals surface area contributed by atoms with E-state index in [1.54, 1.807) is 13.1 Å². The van der Waals surface area contributed by atoms with Crippen LogP contribution in [0.25, 0.3) is 0 Å². The van der Waals surface area contributed by atoms with E-state index in [1.165, 1.54) is 18.5 Å². The van der Waals surface area contributed by atoms with Crippen LogP contribution in [0.5, 0.6) is 17.4 Å². The number of hydrogen-bond donors (Lipinski definition) is 2. The fourth-order valence-corrected chi connectivity index (χ4v) is 1.37. The zero-order valence-electron chi connectivity index (χ0n) is 9.90. The van der Waals surface area contributed by atoms with Gasteiger partial charge in [0, 0.05) is 13.1 Å². The Morgan fingerprint density at radius 1 is 1.37 bits per heavy atom. The van der Waals surface area contributed by atoms with Gasteiger partial charge < -0.3 is 15.2 Å². The van der Waals surface area contributed by atoms with Gasteiger partial charge in [0.1, 0.15) is 17.9 Å². The number of phenolic OH excluding ortho intramolecular Hbond substituents is 1. The molecular weight excluding hydrogens is 252 g/mol. The first-order chi connectivity index (χ1) is 9.10. The highest BCUT2D eigenvalue weighted by Gasteiger charge is 2.14. The highest BCUT2D eigenvalue weighted by Crippen LogP contribution is 2.31. The molecule has 0 amide bonds. The van der Waals surface area contributed by atoms with E-state index in [4.69, 9.17) is 4.74 Å². The Balaban J connectivity index is 2.28. The van der Waals surface area contributed by atoms with Gasteiger partial charge in [-0.1, -0.05) is 0 Å². The highest BCUT2D eigenvalue weighted by molar-refractivity contribution is 5.50. The van der Waals surface area contributed by atoms with Gasteiger partial charge in [-0.3, -0.25) is 10.1 Å². The Morgan fingerprint density at radius 2 is 2.16 bits per heavy atom. The van der Waals surface area contributed by atoms with Crippen molar-refractivity contribution in [1.82, 2.24) is 9.97 Å². The van der Waals surface area contributed by atoms with Gasteiger partial charge in [0.15, 0.2) is 5.75 Å². The minimum absolute atomic E-state index is 0.199. The van der Waals surface area contributed by atoms with Crippen LogP contribution in [0.15, 0.2) is 30.6 Å². The number of aromatic nitrogens is 2. The molecule has 0 aliphatic rings. The second kappa shape index (κ2) is 5.17. The molecule has 0 saturated carbocycles. The summed E-state index contributed by atoms with van der Waals surface area (Å²) in [5, 5.41) is 22.8. The summed E-state index contributed by atoms with van der Waals surface area (Å²) in [7, 11) is 1.69. The Labute approximate surface area is 107 Å². The summed E-state index contributed by atoms with van der Waals surface area (Å²) in [5.74, 6) is 0.568. The van der Waals surface area contributed by atoms with Crippen LogP contribution in [0, 0.1) is 10.1 Å². The average Bonchev–Trinajstić information content (AvgIpc) is 2.41. The third kappa shape index (κ3) is 2.86. The molecule has 0 aliphatic carbocycles. The van der Waals surface area contributed by atoms with Gasteiger partial charge in [0.2, 0.25) is 5.88 Å². The molecule has 98 valence electrons. The van der Waals surface area contributed by atoms with Gasteiger partial charge in [0.05, 0.1) is 11.0 Å². The number of nitrogens with one attached hydrogen (secondary N) is 1. The lowest BCUT2D eigenvalue weighted by atomic mass is 10.3. The Hall–Kier alpha value is -2.90. The second-order valence-corrected chi connectivity index (χ2v) is 3.50. The number of benzene rings is 1. The van der Waals surface area contributed by atoms with Gasteiger partial charge in [0.25, 0.3) is 0 Å². The van der Waals surface area contributed by atoms with Crippen molar-refractivity contribution in [2.75, 3.05) is 12.4 Å². The number of phenols is 1. The van der Waals surface area contributed by atoms with Crippen molar-refractivity contribution in [2.45, 2.75) is 0 Å². The molecule has 1 aromatic carbocycles. The minimum atomic E-state index is -0.693. The maximum absolute atomic E-state index is 10.7. The molecule has 0 fully saturated rings. The first-order valence-electron chi connectivity index (χ1n) is 5.25. The maximum Gasteiger partial charge on any atom is 0.314 e. The monoisotopic (exact) mass is 262 g/mol. The van der Waals surface area contributed by atoms with Crippen LogP contribution in [0.1, 0.15) is 0 Å². The molecule has 1 heterocycles. The zero-order chi connectivity index (χ0) is 13.8. The molecule has 2 aromatic rings. The Kier molecular flexibility index (Phi) is 3.42. The summed E-state index contributed by atoms with van der Waals surface area (Å²) in [6.45, 7) is 0. The normalized spacial score (nSPS) is 9.95. The number of aromatic hydroxyl groups is 1. The van der Waals surface area contributed by atoms with Crippen molar-refractivity contribution in [3.8, 4) is 17.4 Å². The van der Waals surface area contributed by atoms with Crippen molar-refractivity contribution in [2.24, 2.45) is 0 Å². The third-order valence-electron chi connectivity index (χ3n) is 2.26. The number of hydrogen-bond acceptors (Lipinski definition) is 7. The van der Waals surface area contributed by atoms with Crippen LogP contribution in [0.3, 0.4) is 0 Å². The van der Waals surface area contributed by atoms with Gasteiger partial charge in [-0.15, -0.1) is 0 Å². The molecule has 0 bridgehead atoms. The number of rotatable bonds is 4. The van der Waals surface area contributed by atoms with E-state index in [0.717, 1.165) is 6.07 Å². The SMILES string of the molecule is CNc1cc(Oc2ccc(O)c([N+](=O)[O-])c2)ncn1. The predicted molar refractivity (Wildman–Crippen MR) is 66.4 cm³/mol. The van der Waals surface area contributed by atoms with Gasteiger partial charge in [-0.05, 0) is 12.1 Å². The first kappa shape index (κ1) is 12.6. The lowest BCUT2D eigenvalue weighted by molar-refractivity contribution is -0.385. The number of ether oxygens (including phenoxy) is 1. The molecule has 0 spiro atoms. The number of nitro benzene ring substituents is 1. The second-order valence-electron chi connectivity index (χ2n) is 3.50. The first-order valence-corrected chi connectivity index (χ1v) is 5.25. The van der Waals surface area contributed by atoms with Crippen LogP contribution in [0.4, 0.5) is 11.5 Å². The van der Waals surface area contributed by atoms with Crippen LogP contribution in [-0.2, 0) is 0 Å². The smallest absolute Gasteiger partial charge is 0.314 e. The molecule has 8 heteroatoms. The van der Waals surface area contributed by atoms with E-state index in [2.05, 4.69) is 15.3 Å². The predicted octanol–water partition coefficient (Wildman–Crippen LogP) is 1.92. The topological polar surface area (TPSA) is 110 Å². The molecule has 0 radical (unpaired) electrons. The highest BCUT2D eigenvalue weighted by atomic mass is 16.6. The van der Waals surface area contributed by atoms with Crippen molar-refractivity contribution < 1.29 is 14.8 Å². The van der Waals surface area contributed by atoms with Gasteiger partial charge >= 0.3 is 5.69 Å². The molecule has 0 aliphatic heterocycles. The molecule has 0 atom stereocenters. The molecule has 19 heavy (non-hydrogen) atoms. The largest absolute Gasteiger partial charge is 0.502 e. The summed E-state index contributed by atoms with van der Waals surface area (Å²) in [6.07, 6.45) is 1.30. The van der Waals surface area contributed by atoms with Gasteiger partial charge in [-0.2, -0.15) is 0 Å². The van der Waals surface area contributed by atoms with Crippen molar-refractivity contribution in [1.29, 1.82) is 0 Å². The Bertz CT molecular complexity index is 617. The van der Waals surface area contributed by atoms with Crippen molar-refractivity contribution in [3.05, 3.63) is 40.7 Å².